The van der Waals surface area contributed by atoms with E-state index in [1.54, 1.807) is 0 Å². The molecule has 0 unspecified atom stereocenters. The summed E-state index contributed by atoms with van der Waals surface area (Å²) in [4.78, 5) is 27.9. The minimum absolute atomic E-state index is 0.0172. The van der Waals surface area contributed by atoms with Crippen LogP contribution >= 0.6 is 0 Å². The number of methoxy groups -OCH3 is 1. The van der Waals surface area contributed by atoms with Crippen molar-refractivity contribution in [2.45, 2.75) is 6.42 Å². The molecule has 22 heavy (non-hydrogen) atoms. The zero-order chi connectivity index (χ0) is 16.1. The monoisotopic (exact) mass is 306 g/mol. The SMILES string of the molecule is COC(=O)c1cc(C(=O)NCCCO)nc2cc(F)ccc12. The summed E-state index contributed by atoms with van der Waals surface area (Å²) in [7, 11) is 1.22. The van der Waals surface area contributed by atoms with Crippen molar-refractivity contribution in [3.63, 3.8) is 0 Å². The van der Waals surface area contributed by atoms with Crippen LogP contribution in [0.5, 0.6) is 0 Å². The van der Waals surface area contributed by atoms with Crippen LogP contribution in [0.15, 0.2) is 24.3 Å². The molecule has 0 fully saturated rings. The maximum absolute atomic E-state index is 13.3. The molecule has 0 aliphatic rings. The summed E-state index contributed by atoms with van der Waals surface area (Å²) >= 11 is 0. The molecule has 0 saturated carbocycles. The van der Waals surface area contributed by atoms with Crippen LogP contribution in [0, 0.1) is 5.82 Å². The molecule has 7 heteroatoms. The number of hydrogen-bond donors (Lipinski definition) is 2. The quantitative estimate of drug-likeness (QED) is 0.641. The van der Waals surface area contributed by atoms with Gasteiger partial charge in [0.15, 0.2) is 0 Å². The van der Waals surface area contributed by atoms with E-state index in [0.717, 1.165) is 6.07 Å². The lowest BCUT2D eigenvalue weighted by Gasteiger charge is -2.09. The number of nitrogens with one attached hydrogen (secondary N) is 1. The zero-order valence-corrected chi connectivity index (χ0v) is 11.9. The predicted molar refractivity (Wildman–Crippen MR) is 77.1 cm³/mol. The number of aliphatic hydroxyl groups is 1. The normalized spacial score (nSPS) is 10.5. The van der Waals surface area contributed by atoms with E-state index in [2.05, 4.69) is 15.0 Å². The lowest BCUT2D eigenvalue weighted by Crippen LogP contribution is -2.26. The van der Waals surface area contributed by atoms with Crippen LogP contribution in [0.4, 0.5) is 4.39 Å². The molecule has 0 radical (unpaired) electrons. The van der Waals surface area contributed by atoms with Crippen molar-refractivity contribution in [2.24, 2.45) is 0 Å². The first kappa shape index (κ1) is 15.8. The molecule has 1 aromatic heterocycles. The van der Waals surface area contributed by atoms with Crippen molar-refractivity contribution in [3.05, 3.63) is 41.3 Å². The van der Waals surface area contributed by atoms with Gasteiger partial charge in [0.1, 0.15) is 11.5 Å². The average molecular weight is 306 g/mol. The molecule has 0 saturated heterocycles. The van der Waals surface area contributed by atoms with E-state index < -0.39 is 17.7 Å². The van der Waals surface area contributed by atoms with Crippen molar-refractivity contribution in [2.75, 3.05) is 20.3 Å². The lowest BCUT2D eigenvalue weighted by atomic mass is 10.1. The number of benzene rings is 1. The van der Waals surface area contributed by atoms with Crippen molar-refractivity contribution in [1.29, 1.82) is 0 Å². The molecular weight excluding hydrogens is 291 g/mol. The van der Waals surface area contributed by atoms with Crippen molar-refractivity contribution in [1.82, 2.24) is 10.3 Å². The molecule has 1 aromatic carbocycles. The van der Waals surface area contributed by atoms with Crippen LogP contribution in [0.25, 0.3) is 10.9 Å². The van der Waals surface area contributed by atoms with Crippen LogP contribution in [0.3, 0.4) is 0 Å². The minimum atomic E-state index is -0.636. The highest BCUT2D eigenvalue weighted by Crippen LogP contribution is 2.20. The number of rotatable bonds is 5. The van der Waals surface area contributed by atoms with Gasteiger partial charge in [0.2, 0.25) is 0 Å². The molecule has 0 atom stereocenters. The highest BCUT2D eigenvalue weighted by Gasteiger charge is 2.17. The van der Waals surface area contributed by atoms with E-state index in [4.69, 9.17) is 5.11 Å². The van der Waals surface area contributed by atoms with E-state index >= 15 is 0 Å². The van der Waals surface area contributed by atoms with E-state index in [-0.39, 0.29) is 29.9 Å². The molecule has 0 aliphatic carbocycles. The van der Waals surface area contributed by atoms with Gasteiger partial charge in [-0.25, -0.2) is 14.2 Å². The van der Waals surface area contributed by atoms with Gasteiger partial charge < -0.3 is 15.2 Å². The third kappa shape index (κ3) is 3.37. The molecule has 0 bridgehead atoms. The second kappa shape index (κ2) is 6.95. The van der Waals surface area contributed by atoms with Gasteiger partial charge >= 0.3 is 5.97 Å². The van der Waals surface area contributed by atoms with Gasteiger partial charge in [-0.05, 0) is 24.6 Å². The van der Waals surface area contributed by atoms with Gasteiger partial charge in [0.25, 0.3) is 5.91 Å². The lowest BCUT2D eigenvalue weighted by molar-refractivity contribution is 0.0603. The molecule has 2 N–H and O–H groups in total. The van der Waals surface area contributed by atoms with E-state index in [9.17, 15) is 14.0 Å². The van der Waals surface area contributed by atoms with Crippen molar-refractivity contribution >= 4 is 22.8 Å². The number of halogens is 1. The molecule has 0 spiro atoms. The minimum Gasteiger partial charge on any atom is -0.465 e. The number of esters is 1. The highest BCUT2D eigenvalue weighted by atomic mass is 19.1. The number of pyridine rings is 1. The van der Waals surface area contributed by atoms with E-state index in [0.29, 0.717) is 11.8 Å². The standard InChI is InChI=1S/C15H15FN2O4/c1-22-15(21)11-8-13(14(20)17-5-2-6-19)18-12-7-9(16)3-4-10(11)12/h3-4,7-8,19H,2,5-6H2,1H3,(H,17,20). The topological polar surface area (TPSA) is 88.5 Å². The van der Waals surface area contributed by atoms with Gasteiger partial charge in [-0.15, -0.1) is 0 Å². The van der Waals surface area contributed by atoms with Crippen LogP contribution in [0.2, 0.25) is 0 Å². The maximum Gasteiger partial charge on any atom is 0.338 e. The predicted octanol–water partition coefficient (Wildman–Crippen LogP) is 1.27. The Bertz CT molecular complexity index is 718. The van der Waals surface area contributed by atoms with Crippen LogP contribution < -0.4 is 5.32 Å². The number of hydrogen-bond acceptors (Lipinski definition) is 5. The Hall–Kier alpha value is -2.54. The first-order valence-corrected chi connectivity index (χ1v) is 6.64. The Morgan fingerprint density at radius 1 is 1.36 bits per heavy atom. The summed E-state index contributed by atoms with van der Waals surface area (Å²) in [6, 6.07) is 5.07. The second-order valence-corrected chi connectivity index (χ2v) is 4.54. The highest BCUT2D eigenvalue weighted by molar-refractivity contribution is 6.06. The number of aliphatic hydroxyl groups excluding tert-OH is 1. The number of ether oxygens (including phenoxy) is 1. The fourth-order valence-corrected chi connectivity index (χ4v) is 1.97. The Balaban J connectivity index is 2.47. The fourth-order valence-electron chi connectivity index (χ4n) is 1.97. The van der Waals surface area contributed by atoms with Gasteiger partial charge in [-0.2, -0.15) is 0 Å². The van der Waals surface area contributed by atoms with Crippen molar-refractivity contribution < 1.29 is 23.8 Å². The summed E-state index contributed by atoms with van der Waals surface area (Å²) < 4.78 is 18.0. The molecule has 1 amide bonds. The van der Waals surface area contributed by atoms with Gasteiger partial charge in [-0.1, -0.05) is 0 Å². The van der Waals surface area contributed by atoms with Crippen molar-refractivity contribution in [3.8, 4) is 0 Å². The fraction of sp³-hybridized carbons (Fsp3) is 0.267. The molecule has 0 aliphatic heterocycles. The Kier molecular flexibility index (Phi) is 5.00. The molecular formula is C15H15FN2O4. The second-order valence-electron chi connectivity index (χ2n) is 4.54. The number of aromatic nitrogens is 1. The molecule has 2 aromatic rings. The third-order valence-electron chi connectivity index (χ3n) is 3.03. The number of fused-ring (bicyclic) bond motifs is 1. The summed E-state index contributed by atoms with van der Waals surface area (Å²) in [6.07, 6.45) is 0.401. The summed E-state index contributed by atoms with van der Waals surface area (Å²) in [6.45, 7) is 0.218. The summed E-state index contributed by atoms with van der Waals surface area (Å²) in [5, 5.41) is 11.7. The third-order valence-corrected chi connectivity index (χ3v) is 3.03. The van der Waals surface area contributed by atoms with Gasteiger partial charge in [0, 0.05) is 24.6 Å². The maximum atomic E-state index is 13.3. The van der Waals surface area contributed by atoms with Crippen LogP contribution in [-0.2, 0) is 4.74 Å². The molecule has 1 heterocycles. The first-order valence-electron chi connectivity index (χ1n) is 6.64. The molecule has 2 rings (SSSR count). The van der Waals surface area contributed by atoms with Gasteiger partial charge in [-0.3, -0.25) is 4.79 Å². The number of carbonyl (C=O) groups is 2. The Morgan fingerprint density at radius 3 is 2.82 bits per heavy atom. The Labute approximate surface area is 125 Å². The smallest absolute Gasteiger partial charge is 0.338 e. The Morgan fingerprint density at radius 2 is 2.14 bits per heavy atom. The number of nitrogens with zero attached hydrogens (tertiary/aromatic N) is 1. The summed E-state index contributed by atoms with van der Waals surface area (Å²) in [5.41, 5.74) is 0.312. The molecule has 6 nitrogen and oxygen atoms in total. The van der Waals surface area contributed by atoms with Gasteiger partial charge in [0.05, 0.1) is 18.2 Å². The van der Waals surface area contributed by atoms with Crippen LogP contribution in [-0.4, -0.2) is 42.2 Å². The number of carbonyl (C=O) groups excluding carboxylic acids is 2. The first-order chi connectivity index (χ1) is 10.6. The summed E-state index contributed by atoms with van der Waals surface area (Å²) in [5.74, 6) is -1.66. The zero-order valence-electron chi connectivity index (χ0n) is 11.9. The van der Waals surface area contributed by atoms with Crippen LogP contribution in [0.1, 0.15) is 27.3 Å². The van der Waals surface area contributed by atoms with E-state index in [1.807, 2.05) is 0 Å². The molecule has 116 valence electrons. The largest absolute Gasteiger partial charge is 0.465 e. The average Bonchev–Trinajstić information content (AvgIpc) is 2.52. The number of amides is 1. The van der Waals surface area contributed by atoms with E-state index in [1.165, 1.54) is 25.3 Å².